The second-order valence-electron chi connectivity index (χ2n) is 2.34. The Hall–Kier alpha value is -0.860. The fourth-order valence-electron chi connectivity index (χ4n) is 0.526. The molecule has 3 heteroatoms. The predicted octanol–water partition coefficient (Wildman–Crippen LogP) is 1.80. The molecule has 0 aliphatic carbocycles. The molecule has 0 amide bonds. The Bertz CT molecular complexity index is 159. The quantitative estimate of drug-likeness (QED) is 0.376. The normalized spacial score (nSPS) is 13.5. The molecule has 11 heavy (non-hydrogen) atoms. The molecule has 0 unspecified atom stereocenters. The number of hydrogen-bond acceptors (Lipinski definition) is 2. The molecule has 0 aromatic carbocycles. The summed E-state index contributed by atoms with van der Waals surface area (Å²) in [6, 6.07) is 0. The highest BCUT2D eigenvalue weighted by Gasteiger charge is 1.90. The van der Waals surface area contributed by atoms with Crippen molar-refractivity contribution in [3.63, 3.8) is 0 Å². The first-order valence-corrected chi connectivity index (χ1v) is 3.99. The van der Waals surface area contributed by atoms with Crippen molar-refractivity contribution < 1.29 is 0 Å². The van der Waals surface area contributed by atoms with Gasteiger partial charge >= 0.3 is 0 Å². The highest BCUT2D eigenvalue weighted by atomic mass is 15.3. The van der Waals surface area contributed by atoms with Crippen molar-refractivity contribution in [3.05, 3.63) is 0 Å². The lowest BCUT2D eigenvalue weighted by molar-refractivity contribution is 0.958. The topological polar surface area (TPSA) is 36.8 Å². The molecule has 0 aromatic rings. The Morgan fingerprint density at radius 1 is 1.27 bits per heavy atom. The summed E-state index contributed by atoms with van der Waals surface area (Å²) in [5.74, 6) is 0.929. The van der Waals surface area contributed by atoms with Crippen molar-refractivity contribution in [3.8, 4) is 0 Å². The number of aliphatic imine (C=N–C) groups is 1. The molecule has 0 aromatic heterocycles. The van der Waals surface area contributed by atoms with E-state index in [0.717, 1.165) is 24.4 Å². The molecule has 0 aliphatic heterocycles. The Balaban J connectivity index is 3.85. The number of hydrogen-bond donors (Lipinski definition) is 1. The van der Waals surface area contributed by atoms with Crippen LogP contribution in [-0.2, 0) is 0 Å². The van der Waals surface area contributed by atoms with Gasteiger partial charge in [-0.1, -0.05) is 13.8 Å². The van der Waals surface area contributed by atoms with Crippen LogP contribution in [-0.4, -0.2) is 18.6 Å². The molecular formula is C8H17N3. The molecule has 0 saturated heterocycles. The van der Waals surface area contributed by atoms with Crippen LogP contribution >= 0.6 is 0 Å². The summed E-state index contributed by atoms with van der Waals surface area (Å²) in [4.78, 5) is 4.01. The molecule has 1 N–H and O–H groups in total. The van der Waals surface area contributed by atoms with Crippen LogP contribution in [0.1, 0.15) is 33.6 Å². The molecule has 64 valence electrons. The molecule has 0 saturated carbocycles. The summed E-state index contributed by atoms with van der Waals surface area (Å²) < 4.78 is 0. The van der Waals surface area contributed by atoms with Crippen molar-refractivity contribution in [2.75, 3.05) is 7.05 Å². The van der Waals surface area contributed by atoms with Crippen LogP contribution in [0.3, 0.4) is 0 Å². The number of amidine groups is 1. The first-order chi connectivity index (χ1) is 5.24. The third kappa shape index (κ3) is 4.53. The van der Waals surface area contributed by atoms with Gasteiger partial charge in [0.05, 0.1) is 0 Å². The third-order valence-electron chi connectivity index (χ3n) is 1.49. The molecule has 0 bridgehead atoms. The molecule has 0 spiro atoms. The summed E-state index contributed by atoms with van der Waals surface area (Å²) in [6.07, 6.45) is 1.88. The average Bonchev–Trinajstić information content (AvgIpc) is 2.06. The summed E-state index contributed by atoms with van der Waals surface area (Å²) in [6.45, 7) is 6.12. The van der Waals surface area contributed by atoms with Gasteiger partial charge < -0.3 is 0 Å². The van der Waals surface area contributed by atoms with Crippen molar-refractivity contribution in [1.29, 1.82) is 0 Å². The Labute approximate surface area is 68.6 Å². The Kier molecular flexibility index (Phi) is 5.43. The zero-order valence-corrected chi connectivity index (χ0v) is 7.81. The minimum Gasteiger partial charge on any atom is -0.274 e. The van der Waals surface area contributed by atoms with E-state index in [9.17, 15) is 0 Å². The van der Waals surface area contributed by atoms with E-state index in [2.05, 4.69) is 22.4 Å². The fourth-order valence-corrected chi connectivity index (χ4v) is 0.526. The van der Waals surface area contributed by atoms with E-state index in [0.29, 0.717) is 0 Å². The zero-order chi connectivity index (χ0) is 8.69. The molecule has 0 atom stereocenters. The Morgan fingerprint density at radius 2 is 1.91 bits per heavy atom. The number of nitrogens with zero attached hydrogens (tertiary/aromatic N) is 2. The van der Waals surface area contributed by atoms with Gasteiger partial charge in [-0.25, -0.2) is 0 Å². The van der Waals surface area contributed by atoms with Gasteiger partial charge in [-0.15, -0.1) is 0 Å². The third-order valence-corrected chi connectivity index (χ3v) is 1.49. The fraction of sp³-hybridized carbons (Fsp3) is 0.750. The van der Waals surface area contributed by atoms with Gasteiger partial charge in [0.2, 0.25) is 0 Å². The summed E-state index contributed by atoms with van der Waals surface area (Å²) >= 11 is 0. The molecular weight excluding hydrogens is 138 g/mol. The lowest BCUT2D eigenvalue weighted by atomic mass is 10.3. The maximum Gasteiger partial charge on any atom is 0.116 e. The zero-order valence-electron chi connectivity index (χ0n) is 7.81. The minimum absolute atomic E-state index is 0.900. The lowest BCUT2D eigenvalue weighted by Gasteiger charge is -2.01. The van der Waals surface area contributed by atoms with Crippen LogP contribution in [0.25, 0.3) is 0 Å². The smallest absolute Gasteiger partial charge is 0.116 e. The molecule has 0 aliphatic rings. The number of rotatable bonds is 3. The van der Waals surface area contributed by atoms with E-state index in [1.807, 2.05) is 13.8 Å². The van der Waals surface area contributed by atoms with Crippen LogP contribution in [0.2, 0.25) is 0 Å². The van der Waals surface area contributed by atoms with Crippen molar-refractivity contribution >= 4 is 11.5 Å². The molecule has 0 fully saturated rings. The largest absolute Gasteiger partial charge is 0.274 e. The average molecular weight is 155 g/mol. The van der Waals surface area contributed by atoms with Gasteiger partial charge in [-0.2, -0.15) is 5.10 Å². The van der Waals surface area contributed by atoms with E-state index < -0.39 is 0 Å². The minimum atomic E-state index is 0.900. The highest BCUT2D eigenvalue weighted by molar-refractivity contribution is 5.86. The molecule has 0 rings (SSSR count). The van der Waals surface area contributed by atoms with Gasteiger partial charge in [0.25, 0.3) is 0 Å². The van der Waals surface area contributed by atoms with Crippen LogP contribution in [0.4, 0.5) is 0 Å². The summed E-state index contributed by atoms with van der Waals surface area (Å²) in [7, 11) is 1.77. The van der Waals surface area contributed by atoms with Crippen LogP contribution in [0.5, 0.6) is 0 Å². The maximum absolute atomic E-state index is 4.12. The SMILES string of the molecule is CCC(C)=NNC(CC)=NC. The van der Waals surface area contributed by atoms with Crippen LogP contribution in [0, 0.1) is 0 Å². The van der Waals surface area contributed by atoms with E-state index in [1.165, 1.54) is 0 Å². The van der Waals surface area contributed by atoms with E-state index in [-0.39, 0.29) is 0 Å². The van der Waals surface area contributed by atoms with E-state index in [4.69, 9.17) is 0 Å². The van der Waals surface area contributed by atoms with Crippen molar-refractivity contribution in [2.45, 2.75) is 33.6 Å². The van der Waals surface area contributed by atoms with Gasteiger partial charge in [0, 0.05) is 19.2 Å². The van der Waals surface area contributed by atoms with E-state index >= 15 is 0 Å². The van der Waals surface area contributed by atoms with Crippen LogP contribution in [0.15, 0.2) is 10.1 Å². The highest BCUT2D eigenvalue weighted by Crippen LogP contribution is 1.84. The van der Waals surface area contributed by atoms with Crippen LogP contribution < -0.4 is 5.43 Å². The predicted molar refractivity (Wildman–Crippen MR) is 50.2 cm³/mol. The van der Waals surface area contributed by atoms with Gasteiger partial charge in [0.15, 0.2) is 0 Å². The molecule has 3 nitrogen and oxygen atoms in total. The second-order valence-corrected chi connectivity index (χ2v) is 2.34. The Morgan fingerprint density at radius 3 is 2.27 bits per heavy atom. The van der Waals surface area contributed by atoms with Gasteiger partial charge in [-0.05, 0) is 13.3 Å². The van der Waals surface area contributed by atoms with Gasteiger partial charge in [0.1, 0.15) is 5.84 Å². The lowest BCUT2D eigenvalue weighted by Crippen LogP contribution is -2.17. The monoisotopic (exact) mass is 155 g/mol. The number of hydrazone groups is 1. The number of nitrogens with one attached hydrogen (secondary N) is 1. The van der Waals surface area contributed by atoms with Gasteiger partial charge in [-0.3, -0.25) is 10.4 Å². The van der Waals surface area contributed by atoms with Crippen molar-refractivity contribution in [2.24, 2.45) is 10.1 Å². The summed E-state index contributed by atoms with van der Waals surface area (Å²) in [5.41, 5.74) is 4.00. The standard InChI is InChI=1S/C8H17N3/c1-5-7(3)10-11-8(6-2)9-4/h5-6H2,1-4H3,(H,9,11). The first kappa shape index (κ1) is 10.1. The summed E-state index contributed by atoms with van der Waals surface area (Å²) in [5, 5.41) is 4.12. The van der Waals surface area contributed by atoms with E-state index in [1.54, 1.807) is 7.05 Å². The molecule has 0 radical (unpaired) electrons. The molecule has 0 heterocycles. The second kappa shape index (κ2) is 5.89. The maximum atomic E-state index is 4.12. The first-order valence-electron chi connectivity index (χ1n) is 3.99. The van der Waals surface area contributed by atoms with Crippen molar-refractivity contribution in [1.82, 2.24) is 5.43 Å².